The zero-order valence-electron chi connectivity index (χ0n) is 15.3. The molecule has 5 rings (SSSR count). The Kier molecular flexibility index (Phi) is 3.37. The molecule has 0 bridgehead atoms. The van der Waals surface area contributed by atoms with Crippen LogP contribution >= 0.6 is 0 Å². The van der Waals surface area contributed by atoms with Gasteiger partial charge in [-0.1, -0.05) is 0 Å². The molecule has 6 nitrogen and oxygen atoms in total. The maximum absolute atomic E-state index is 12.9. The molecule has 7 heteroatoms. The molecule has 1 fully saturated rings. The number of aromatic nitrogens is 1. The van der Waals surface area contributed by atoms with Gasteiger partial charge in [0.05, 0.1) is 16.2 Å². The first kappa shape index (κ1) is 16.6. The molecule has 0 aromatic heterocycles. The van der Waals surface area contributed by atoms with Crippen LogP contribution in [0.25, 0.3) is 22.1 Å². The lowest BCUT2D eigenvalue weighted by atomic mass is 10.0. The first-order valence-corrected chi connectivity index (χ1v) is 11.0. The third-order valence-electron chi connectivity index (χ3n) is 5.65. The van der Waals surface area contributed by atoms with Crippen molar-refractivity contribution in [3.63, 3.8) is 0 Å². The normalized spacial score (nSPS) is 18.7. The lowest BCUT2D eigenvalue weighted by Gasteiger charge is -2.27. The van der Waals surface area contributed by atoms with Crippen molar-refractivity contribution < 1.29 is 8.42 Å². The highest BCUT2D eigenvalue weighted by molar-refractivity contribution is 7.99. The number of anilines is 2. The highest BCUT2D eigenvalue weighted by Crippen LogP contribution is 2.37. The molecule has 1 N–H and O–H groups in total. The van der Waals surface area contributed by atoms with Crippen molar-refractivity contribution in [1.82, 2.24) is 4.98 Å². The number of H-pyrrole nitrogens is 1. The van der Waals surface area contributed by atoms with Crippen LogP contribution in [0.15, 0.2) is 29.2 Å². The van der Waals surface area contributed by atoms with Gasteiger partial charge in [0.2, 0.25) is 0 Å². The Hall–Kier alpha value is -2.54. The SMILES string of the molecule is CN1C=CC(S(C)(=O)=O)=c2ccc3c4c([nH]c(=O)c-4c21)=CCN3CC1CC1. The minimum Gasteiger partial charge on any atom is -0.367 e. The van der Waals surface area contributed by atoms with E-state index in [2.05, 4.69) is 16.0 Å². The van der Waals surface area contributed by atoms with Crippen molar-refractivity contribution in [2.75, 3.05) is 36.2 Å². The fraction of sp³-hybridized carbons (Fsp3) is 0.350. The Morgan fingerprint density at radius 3 is 2.70 bits per heavy atom. The molecule has 5 aliphatic rings. The van der Waals surface area contributed by atoms with Crippen LogP contribution in [0.5, 0.6) is 0 Å². The first-order chi connectivity index (χ1) is 12.8. The number of fused-ring (bicyclic) bond motifs is 2. The Morgan fingerprint density at radius 2 is 2.00 bits per heavy atom. The summed E-state index contributed by atoms with van der Waals surface area (Å²) in [6, 6.07) is 3.83. The molecule has 0 aromatic carbocycles. The molecule has 0 amide bonds. The number of hydrogen-bond donors (Lipinski definition) is 1. The molecule has 0 unspecified atom stereocenters. The average molecular weight is 383 g/mol. The second-order valence-corrected chi connectivity index (χ2v) is 9.70. The van der Waals surface area contributed by atoms with E-state index in [-0.39, 0.29) is 10.5 Å². The summed E-state index contributed by atoms with van der Waals surface area (Å²) < 4.78 is 24.7. The van der Waals surface area contributed by atoms with Crippen molar-refractivity contribution in [3.05, 3.63) is 45.3 Å². The van der Waals surface area contributed by atoms with E-state index in [9.17, 15) is 13.2 Å². The van der Waals surface area contributed by atoms with E-state index in [1.54, 1.807) is 12.3 Å². The summed E-state index contributed by atoms with van der Waals surface area (Å²) in [7, 11) is -1.58. The van der Waals surface area contributed by atoms with Crippen molar-refractivity contribution in [3.8, 4) is 11.1 Å². The molecule has 1 saturated carbocycles. The van der Waals surface area contributed by atoms with E-state index in [0.29, 0.717) is 22.4 Å². The quantitative estimate of drug-likeness (QED) is 0.841. The zero-order valence-corrected chi connectivity index (χ0v) is 16.1. The minimum atomic E-state index is -3.42. The van der Waals surface area contributed by atoms with Gasteiger partial charge < -0.3 is 14.8 Å². The van der Waals surface area contributed by atoms with E-state index >= 15 is 0 Å². The Balaban J connectivity index is 1.91. The van der Waals surface area contributed by atoms with E-state index in [1.807, 2.05) is 24.1 Å². The summed E-state index contributed by atoms with van der Waals surface area (Å²) in [5.41, 5.74) is 2.93. The molecule has 0 aromatic rings. The van der Waals surface area contributed by atoms with Crippen LogP contribution in [-0.4, -0.2) is 39.8 Å². The van der Waals surface area contributed by atoms with Crippen LogP contribution in [-0.2, 0) is 9.84 Å². The number of nitrogens with zero attached hydrogens (tertiary/aromatic N) is 2. The van der Waals surface area contributed by atoms with E-state index in [4.69, 9.17) is 0 Å². The predicted octanol–water partition coefficient (Wildman–Crippen LogP) is 0.606. The largest absolute Gasteiger partial charge is 0.367 e. The fourth-order valence-corrected chi connectivity index (χ4v) is 5.05. The summed E-state index contributed by atoms with van der Waals surface area (Å²) in [5.74, 6) is 0.711. The smallest absolute Gasteiger partial charge is 0.258 e. The number of aromatic amines is 1. The first-order valence-electron chi connectivity index (χ1n) is 9.14. The average Bonchev–Trinajstić information content (AvgIpc) is 3.36. The summed E-state index contributed by atoms with van der Waals surface area (Å²) in [6.07, 6.45) is 9.08. The van der Waals surface area contributed by atoms with Gasteiger partial charge in [0.1, 0.15) is 0 Å². The van der Waals surface area contributed by atoms with Crippen LogP contribution < -0.4 is 25.9 Å². The van der Waals surface area contributed by atoms with Gasteiger partial charge in [-0.25, -0.2) is 8.42 Å². The fourth-order valence-electron chi connectivity index (χ4n) is 4.18. The lowest BCUT2D eigenvalue weighted by Crippen LogP contribution is -2.31. The molecule has 2 aliphatic carbocycles. The molecular formula is C20H21N3O3S. The molecule has 3 heterocycles. The number of nitrogens with one attached hydrogen (secondary N) is 1. The molecule has 0 saturated heterocycles. The van der Waals surface area contributed by atoms with Crippen molar-refractivity contribution in [2.24, 2.45) is 5.92 Å². The van der Waals surface area contributed by atoms with E-state index < -0.39 is 9.84 Å². The van der Waals surface area contributed by atoms with Crippen molar-refractivity contribution >= 4 is 32.2 Å². The minimum absolute atomic E-state index is 0.173. The van der Waals surface area contributed by atoms with E-state index in [1.165, 1.54) is 19.1 Å². The van der Waals surface area contributed by atoms with Crippen molar-refractivity contribution in [2.45, 2.75) is 12.8 Å². The van der Waals surface area contributed by atoms with Gasteiger partial charge in [-0.15, -0.1) is 0 Å². The van der Waals surface area contributed by atoms with Gasteiger partial charge in [0.25, 0.3) is 5.56 Å². The third-order valence-corrected chi connectivity index (χ3v) is 6.80. The van der Waals surface area contributed by atoms with Gasteiger partial charge in [-0.2, -0.15) is 0 Å². The van der Waals surface area contributed by atoms with Crippen LogP contribution in [0.1, 0.15) is 12.8 Å². The number of sulfone groups is 1. The maximum Gasteiger partial charge on any atom is 0.258 e. The van der Waals surface area contributed by atoms with Gasteiger partial charge in [-0.3, -0.25) is 4.79 Å². The second kappa shape index (κ2) is 5.48. The molecule has 0 atom stereocenters. The standard InChI is InChI=1S/C20H21N3O3S/c1-22-9-8-16(27(2,25)26)13-5-6-15-17-14(21-20(24)18(17)19(13)22)7-10-23(15)11-12-3-4-12/h5-9,12H,3-4,10-11H2,1-2H3,(H,21,24). The Morgan fingerprint density at radius 1 is 1.22 bits per heavy atom. The third kappa shape index (κ3) is 2.52. The monoisotopic (exact) mass is 383 g/mol. The lowest BCUT2D eigenvalue weighted by molar-refractivity contribution is 0.611. The van der Waals surface area contributed by atoms with Crippen LogP contribution in [0.3, 0.4) is 0 Å². The van der Waals surface area contributed by atoms with Crippen molar-refractivity contribution in [1.29, 1.82) is 0 Å². The van der Waals surface area contributed by atoms with Gasteiger partial charge in [0, 0.05) is 54.4 Å². The van der Waals surface area contributed by atoms with E-state index in [0.717, 1.165) is 29.7 Å². The summed E-state index contributed by atoms with van der Waals surface area (Å²) in [4.78, 5) is 20.3. The number of rotatable bonds is 3. The molecule has 27 heavy (non-hydrogen) atoms. The van der Waals surface area contributed by atoms with Crippen LogP contribution in [0.4, 0.5) is 11.4 Å². The topological polar surface area (TPSA) is 73.5 Å². The van der Waals surface area contributed by atoms with Crippen LogP contribution in [0, 0.1) is 5.92 Å². The predicted molar refractivity (Wildman–Crippen MR) is 108 cm³/mol. The maximum atomic E-state index is 12.9. The molecule has 0 radical (unpaired) electrons. The highest BCUT2D eigenvalue weighted by Gasteiger charge is 2.31. The highest BCUT2D eigenvalue weighted by atomic mass is 32.2. The second-order valence-electron chi connectivity index (χ2n) is 7.71. The molecule has 0 spiro atoms. The van der Waals surface area contributed by atoms with Gasteiger partial charge in [-0.05, 0) is 43.0 Å². The Bertz CT molecular complexity index is 1250. The zero-order chi connectivity index (χ0) is 18.9. The molecule has 3 aliphatic heterocycles. The van der Waals surface area contributed by atoms with Gasteiger partial charge >= 0.3 is 0 Å². The summed E-state index contributed by atoms with van der Waals surface area (Å²) in [5, 5.41) is 1.41. The molecular weight excluding hydrogens is 362 g/mol. The van der Waals surface area contributed by atoms with Gasteiger partial charge in [0.15, 0.2) is 9.84 Å². The number of hydrogen-bond acceptors (Lipinski definition) is 5. The summed E-state index contributed by atoms with van der Waals surface area (Å²) in [6.45, 7) is 1.72. The molecule has 140 valence electrons. The Labute approximate surface area is 157 Å². The van der Waals surface area contributed by atoms with Crippen LogP contribution in [0.2, 0.25) is 0 Å². The summed E-state index contributed by atoms with van der Waals surface area (Å²) >= 11 is 0.